The van der Waals surface area contributed by atoms with Crippen LogP contribution in [0.5, 0.6) is 0 Å². The van der Waals surface area contributed by atoms with Gasteiger partial charge in [-0.3, -0.25) is 9.59 Å². The smallest absolute Gasteiger partial charge is 0.303 e. The molecule has 0 radical (unpaired) electrons. The molecule has 0 bridgehead atoms. The van der Waals surface area contributed by atoms with Crippen molar-refractivity contribution in [3.63, 3.8) is 0 Å². The molecular weight excluding hydrogens is 324 g/mol. The first-order chi connectivity index (χ1) is 10.6. The Labute approximate surface area is 137 Å². The Balaban J connectivity index is 1.86. The summed E-state index contributed by atoms with van der Waals surface area (Å²) in [6.45, 7) is 0.444. The molecule has 0 spiro atoms. The SMILES string of the molecule is O=C(O)CCCCNC(=O)c1csc(-c2ccc(Cl)cc2)n1. The summed E-state index contributed by atoms with van der Waals surface area (Å²) in [4.78, 5) is 26.6. The number of rotatable bonds is 7. The van der Waals surface area contributed by atoms with Gasteiger partial charge in [0.05, 0.1) is 0 Å². The zero-order chi connectivity index (χ0) is 15.9. The van der Waals surface area contributed by atoms with E-state index < -0.39 is 5.97 Å². The van der Waals surface area contributed by atoms with Crippen molar-refractivity contribution in [2.24, 2.45) is 0 Å². The molecule has 22 heavy (non-hydrogen) atoms. The van der Waals surface area contributed by atoms with Crippen LogP contribution in [-0.2, 0) is 4.79 Å². The van der Waals surface area contributed by atoms with Crippen LogP contribution in [0.2, 0.25) is 5.02 Å². The third kappa shape index (κ3) is 4.82. The van der Waals surface area contributed by atoms with Crippen molar-refractivity contribution >= 4 is 34.8 Å². The number of carboxylic acids is 1. The Bertz CT molecular complexity index is 655. The highest BCUT2D eigenvalue weighted by Gasteiger charge is 2.11. The van der Waals surface area contributed by atoms with Crippen molar-refractivity contribution in [1.82, 2.24) is 10.3 Å². The number of nitrogens with one attached hydrogen (secondary N) is 1. The second-order valence-corrected chi connectivity index (χ2v) is 5.95. The van der Waals surface area contributed by atoms with E-state index in [4.69, 9.17) is 16.7 Å². The lowest BCUT2D eigenvalue weighted by atomic mass is 10.2. The molecular formula is C15H15ClN2O3S. The number of carbonyl (C=O) groups excluding carboxylic acids is 1. The van der Waals surface area contributed by atoms with Crippen molar-refractivity contribution < 1.29 is 14.7 Å². The molecule has 116 valence electrons. The van der Waals surface area contributed by atoms with Gasteiger partial charge in [0.2, 0.25) is 0 Å². The number of hydrogen-bond acceptors (Lipinski definition) is 4. The molecule has 0 aliphatic rings. The quantitative estimate of drug-likeness (QED) is 0.758. The van der Waals surface area contributed by atoms with E-state index in [9.17, 15) is 9.59 Å². The number of thiazole rings is 1. The summed E-state index contributed by atoms with van der Waals surface area (Å²) in [7, 11) is 0. The molecule has 0 saturated heterocycles. The topological polar surface area (TPSA) is 79.3 Å². The minimum absolute atomic E-state index is 0.118. The van der Waals surface area contributed by atoms with Crippen LogP contribution in [0.3, 0.4) is 0 Å². The van der Waals surface area contributed by atoms with Crippen LogP contribution >= 0.6 is 22.9 Å². The highest BCUT2D eigenvalue weighted by molar-refractivity contribution is 7.13. The summed E-state index contributed by atoms with van der Waals surface area (Å²) in [5.41, 5.74) is 1.28. The monoisotopic (exact) mass is 338 g/mol. The number of carboxylic acid groups (broad SMARTS) is 1. The van der Waals surface area contributed by atoms with Crippen molar-refractivity contribution in [2.45, 2.75) is 19.3 Å². The molecule has 1 aromatic heterocycles. The zero-order valence-corrected chi connectivity index (χ0v) is 13.3. The lowest BCUT2D eigenvalue weighted by Crippen LogP contribution is -2.24. The number of aromatic nitrogens is 1. The molecule has 1 amide bonds. The van der Waals surface area contributed by atoms with Crippen LogP contribution in [0.25, 0.3) is 10.6 Å². The van der Waals surface area contributed by atoms with E-state index in [1.165, 1.54) is 11.3 Å². The van der Waals surface area contributed by atoms with Gasteiger partial charge in [-0.1, -0.05) is 23.7 Å². The molecule has 0 unspecified atom stereocenters. The molecule has 2 aromatic rings. The summed E-state index contributed by atoms with van der Waals surface area (Å²) in [6, 6.07) is 7.27. The molecule has 0 saturated carbocycles. The number of hydrogen-bond donors (Lipinski definition) is 2. The van der Waals surface area contributed by atoms with Gasteiger partial charge in [-0.05, 0) is 25.0 Å². The molecule has 0 aliphatic carbocycles. The minimum Gasteiger partial charge on any atom is -0.481 e. The van der Waals surface area contributed by atoms with Crippen LogP contribution in [0.1, 0.15) is 29.8 Å². The predicted molar refractivity (Wildman–Crippen MR) is 86.4 cm³/mol. The minimum atomic E-state index is -0.821. The van der Waals surface area contributed by atoms with E-state index in [-0.39, 0.29) is 12.3 Å². The third-order valence-electron chi connectivity index (χ3n) is 2.93. The zero-order valence-electron chi connectivity index (χ0n) is 11.7. The summed E-state index contributed by atoms with van der Waals surface area (Å²) in [6.07, 6.45) is 1.29. The van der Waals surface area contributed by atoms with Crippen molar-refractivity contribution in [3.8, 4) is 10.6 Å². The average molecular weight is 339 g/mol. The lowest BCUT2D eigenvalue weighted by Gasteiger charge is -2.02. The molecule has 1 aromatic carbocycles. The van der Waals surface area contributed by atoms with E-state index in [0.717, 1.165) is 10.6 Å². The van der Waals surface area contributed by atoms with Crippen LogP contribution < -0.4 is 5.32 Å². The van der Waals surface area contributed by atoms with Gasteiger partial charge in [0.25, 0.3) is 5.91 Å². The van der Waals surface area contributed by atoms with Crippen LogP contribution in [0.15, 0.2) is 29.6 Å². The lowest BCUT2D eigenvalue weighted by molar-refractivity contribution is -0.137. The van der Waals surface area contributed by atoms with Crippen molar-refractivity contribution in [3.05, 3.63) is 40.4 Å². The largest absolute Gasteiger partial charge is 0.481 e. The van der Waals surface area contributed by atoms with Crippen molar-refractivity contribution in [2.75, 3.05) is 6.54 Å². The Morgan fingerprint density at radius 1 is 1.23 bits per heavy atom. The molecule has 0 atom stereocenters. The maximum Gasteiger partial charge on any atom is 0.303 e. The van der Waals surface area contributed by atoms with E-state index in [1.54, 1.807) is 17.5 Å². The second kappa shape index (κ2) is 7.91. The maximum atomic E-state index is 11.9. The number of nitrogens with zero attached hydrogens (tertiary/aromatic N) is 1. The van der Waals surface area contributed by atoms with Crippen molar-refractivity contribution in [1.29, 1.82) is 0 Å². The first kappa shape index (κ1) is 16.5. The van der Waals surface area contributed by atoms with Gasteiger partial charge in [0.1, 0.15) is 10.7 Å². The number of unbranched alkanes of at least 4 members (excludes halogenated alkanes) is 1. The van der Waals surface area contributed by atoms with Gasteiger partial charge in [-0.25, -0.2) is 4.98 Å². The van der Waals surface area contributed by atoms with E-state index in [2.05, 4.69) is 10.3 Å². The number of halogens is 1. The highest BCUT2D eigenvalue weighted by atomic mass is 35.5. The predicted octanol–water partition coefficient (Wildman–Crippen LogP) is 3.45. The number of aliphatic carboxylic acids is 1. The molecule has 5 nitrogen and oxygen atoms in total. The molecule has 0 aliphatic heterocycles. The van der Waals surface area contributed by atoms with Gasteiger partial charge in [-0.15, -0.1) is 11.3 Å². The molecule has 2 rings (SSSR count). The van der Waals surface area contributed by atoms with Crippen LogP contribution in [0, 0.1) is 0 Å². The second-order valence-electron chi connectivity index (χ2n) is 4.65. The van der Waals surface area contributed by atoms with Crippen LogP contribution in [0.4, 0.5) is 0 Å². The fourth-order valence-electron chi connectivity index (χ4n) is 1.80. The first-order valence-corrected chi connectivity index (χ1v) is 8.03. The van der Waals surface area contributed by atoms with Gasteiger partial charge < -0.3 is 10.4 Å². The molecule has 7 heteroatoms. The Hall–Kier alpha value is -1.92. The van der Waals surface area contributed by atoms with Gasteiger partial charge >= 0.3 is 5.97 Å². The Kier molecular flexibility index (Phi) is 5.91. The maximum absolute atomic E-state index is 11.9. The van der Waals surface area contributed by atoms with Gasteiger partial charge in [0.15, 0.2) is 0 Å². The first-order valence-electron chi connectivity index (χ1n) is 6.78. The number of carbonyl (C=O) groups is 2. The molecule has 2 N–H and O–H groups in total. The Morgan fingerprint density at radius 3 is 2.64 bits per heavy atom. The van der Waals surface area contributed by atoms with Gasteiger partial charge in [-0.2, -0.15) is 0 Å². The van der Waals surface area contributed by atoms with E-state index in [1.807, 2.05) is 12.1 Å². The highest BCUT2D eigenvalue weighted by Crippen LogP contribution is 2.25. The molecule has 1 heterocycles. The standard InChI is InChI=1S/C15H15ClN2O3S/c16-11-6-4-10(5-7-11)15-18-12(9-22-15)14(21)17-8-2-1-3-13(19)20/h4-7,9H,1-3,8H2,(H,17,21)(H,19,20). The average Bonchev–Trinajstić information content (AvgIpc) is 2.97. The normalized spacial score (nSPS) is 10.4. The van der Waals surface area contributed by atoms with Crippen LogP contribution in [-0.4, -0.2) is 28.5 Å². The summed E-state index contributed by atoms with van der Waals surface area (Å²) < 4.78 is 0. The fraction of sp³-hybridized carbons (Fsp3) is 0.267. The summed E-state index contributed by atoms with van der Waals surface area (Å²) in [5, 5.41) is 14.4. The molecule has 0 fully saturated rings. The van der Waals surface area contributed by atoms with E-state index >= 15 is 0 Å². The fourth-order valence-corrected chi connectivity index (χ4v) is 2.73. The number of benzene rings is 1. The summed E-state index contributed by atoms with van der Waals surface area (Å²) in [5.74, 6) is -1.06. The number of amides is 1. The third-order valence-corrected chi connectivity index (χ3v) is 4.07. The Morgan fingerprint density at radius 2 is 1.95 bits per heavy atom. The van der Waals surface area contributed by atoms with Gasteiger partial charge in [0, 0.05) is 28.9 Å². The summed E-state index contributed by atoms with van der Waals surface area (Å²) >= 11 is 7.23. The van der Waals surface area contributed by atoms with E-state index in [0.29, 0.717) is 30.1 Å².